The highest BCUT2D eigenvalue weighted by atomic mass is 16.5. The van der Waals surface area contributed by atoms with E-state index in [1.165, 1.54) is 58.4 Å². The van der Waals surface area contributed by atoms with Gasteiger partial charge in [0.2, 0.25) is 0 Å². The van der Waals surface area contributed by atoms with Crippen LogP contribution in [0.15, 0.2) is 0 Å². The summed E-state index contributed by atoms with van der Waals surface area (Å²) in [5, 5.41) is 0. The van der Waals surface area contributed by atoms with Crippen molar-refractivity contribution < 1.29 is 4.74 Å². The second-order valence-corrected chi connectivity index (χ2v) is 9.53. The summed E-state index contributed by atoms with van der Waals surface area (Å²) in [5.41, 5.74) is 0.719. The lowest BCUT2D eigenvalue weighted by atomic mass is 9.94. The molecule has 0 bridgehead atoms. The molecule has 2 heterocycles. The fourth-order valence-corrected chi connectivity index (χ4v) is 3.81. The fraction of sp³-hybridized carbons (Fsp3) is 1.00. The Morgan fingerprint density at radius 2 is 1.23 bits per heavy atom. The maximum Gasteiger partial charge on any atom is 0.0603 e. The molecule has 22 heavy (non-hydrogen) atoms. The van der Waals surface area contributed by atoms with E-state index in [1.807, 2.05) is 0 Å². The van der Waals surface area contributed by atoms with Crippen LogP contribution in [0.25, 0.3) is 0 Å². The van der Waals surface area contributed by atoms with E-state index in [-0.39, 0.29) is 0 Å². The number of nitrogens with zero attached hydrogens (tertiary/aromatic N) is 2. The molecule has 2 fully saturated rings. The van der Waals surface area contributed by atoms with E-state index >= 15 is 0 Å². The van der Waals surface area contributed by atoms with Crippen molar-refractivity contribution in [3.63, 3.8) is 0 Å². The molecule has 0 aromatic carbocycles. The van der Waals surface area contributed by atoms with Gasteiger partial charge in [0.15, 0.2) is 0 Å². The van der Waals surface area contributed by atoms with Crippen LogP contribution < -0.4 is 0 Å². The largest absolute Gasteiger partial charge is 0.375 e. The molecule has 0 amide bonds. The van der Waals surface area contributed by atoms with Gasteiger partial charge in [0.05, 0.1) is 12.2 Å². The molecule has 0 atom stereocenters. The molecule has 2 aliphatic rings. The Morgan fingerprint density at radius 1 is 0.773 bits per heavy atom. The van der Waals surface area contributed by atoms with Crippen molar-refractivity contribution in [1.29, 1.82) is 0 Å². The molecule has 0 unspecified atom stereocenters. The SMILES string of the molecule is CC(C)(C)CN1CCC(OC2CCN(C(C)(C)C)CC2)CC1. The molecule has 2 saturated heterocycles. The zero-order valence-corrected chi connectivity index (χ0v) is 15.8. The van der Waals surface area contributed by atoms with E-state index < -0.39 is 0 Å². The molecule has 0 radical (unpaired) electrons. The summed E-state index contributed by atoms with van der Waals surface area (Å²) in [4.78, 5) is 5.21. The van der Waals surface area contributed by atoms with E-state index in [0.717, 1.165) is 0 Å². The van der Waals surface area contributed by atoms with Crippen molar-refractivity contribution >= 4 is 0 Å². The Morgan fingerprint density at radius 3 is 1.64 bits per heavy atom. The highest BCUT2D eigenvalue weighted by Crippen LogP contribution is 2.25. The first-order chi connectivity index (χ1) is 10.1. The van der Waals surface area contributed by atoms with Crippen molar-refractivity contribution in [3.8, 4) is 0 Å². The highest BCUT2D eigenvalue weighted by Gasteiger charge is 2.30. The maximum absolute atomic E-state index is 6.42. The molecule has 0 saturated carbocycles. The number of ether oxygens (including phenoxy) is 1. The van der Waals surface area contributed by atoms with Gasteiger partial charge in [0.25, 0.3) is 0 Å². The normalized spacial score (nSPS) is 24.8. The molecular formula is C19H38N2O. The van der Waals surface area contributed by atoms with Crippen molar-refractivity contribution in [2.45, 2.75) is 85.0 Å². The summed E-state index contributed by atoms with van der Waals surface area (Å²) in [7, 11) is 0. The van der Waals surface area contributed by atoms with Gasteiger partial charge in [-0.3, -0.25) is 4.90 Å². The molecule has 2 aliphatic heterocycles. The van der Waals surface area contributed by atoms with Crippen LogP contribution in [0.1, 0.15) is 67.2 Å². The first kappa shape index (κ1) is 18.2. The van der Waals surface area contributed by atoms with Crippen LogP contribution in [0.3, 0.4) is 0 Å². The molecule has 130 valence electrons. The maximum atomic E-state index is 6.42. The fourth-order valence-electron chi connectivity index (χ4n) is 3.81. The Kier molecular flexibility index (Phi) is 5.95. The van der Waals surface area contributed by atoms with Crippen LogP contribution in [0.2, 0.25) is 0 Å². The van der Waals surface area contributed by atoms with Crippen molar-refractivity contribution in [3.05, 3.63) is 0 Å². The lowest BCUT2D eigenvalue weighted by Gasteiger charge is -2.42. The topological polar surface area (TPSA) is 15.7 Å². The summed E-state index contributed by atoms with van der Waals surface area (Å²) < 4.78 is 6.42. The van der Waals surface area contributed by atoms with Crippen molar-refractivity contribution in [1.82, 2.24) is 9.80 Å². The molecule has 2 rings (SSSR count). The van der Waals surface area contributed by atoms with Gasteiger partial charge in [-0.15, -0.1) is 0 Å². The van der Waals surface area contributed by atoms with E-state index in [4.69, 9.17) is 4.74 Å². The molecule has 0 aromatic heterocycles. The van der Waals surface area contributed by atoms with Gasteiger partial charge >= 0.3 is 0 Å². The van der Waals surface area contributed by atoms with Crippen LogP contribution in [-0.4, -0.2) is 60.3 Å². The zero-order chi connectivity index (χ0) is 16.4. The summed E-state index contributed by atoms with van der Waals surface area (Å²) in [6, 6.07) is 0. The first-order valence-corrected chi connectivity index (χ1v) is 9.26. The Bertz CT molecular complexity index is 326. The van der Waals surface area contributed by atoms with Crippen LogP contribution in [0.4, 0.5) is 0 Å². The second kappa shape index (κ2) is 7.19. The first-order valence-electron chi connectivity index (χ1n) is 9.26. The van der Waals surface area contributed by atoms with Crippen LogP contribution in [-0.2, 0) is 4.74 Å². The number of piperidine rings is 2. The molecule has 3 heteroatoms. The minimum Gasteiger partial charge on any atom is -0.375 e. The van der Waals surface area contributed by atoms with E-state index in [9.17, 15) is 0 Å². The van der Waals surface area contributed by atoms with E-state index in [2.05, 4.69) is 51.3 Å². The van der Waals surface area contributed by atoms with E-state index in [0.29, 0.717) is 23.2 Å². The smallest absolute Gasteiger partial charge is 0.0603 e. The molecule has 3 nitrogen and oxygen atoms in total. The van der Waals surface area contributed by atoms with Gasteiger partial charge in [-0.1, -0.05) is 20.8 Å². The van der Waals surface area contributed by atoms with Gasteiger partial charge in [-0.25, -0.2) is 0 Å². The number of likely N-dealkylation sites (tertiary alicyclic amines) is 2. The summed E-state index contributed by atoms with van der Waals surface area (Å²) in [6.45, 7) is 20.0. The van der Waals surface area contributed by atoms with Crippen LogP contribution >= 0.6 is 0 Å². The molecular weight excluding hydrogens is 272 g/mol. The minimum atomic E-state index is 0.309. The monoisotopic (exact) mass is 310 g/mol. The molecule has 0 spiro atoms. The highest BCUT2D eigenvalue weighted by molar-refractivity contribution is 4.83. The average Bonchev–Trinajstić information content (AvgIpc) is 2.39. The van der Waals surface area contributed by atoms with Gasteiger partial charge in [-0.05, 0) is 51.9 Å². The second-order valence-electron chi connectivity index (χ2n) is 9.53. The van der Waals surface area contributed by atoms with Gasteiger partial charge in [-0.2, -0.15) is 0 Å². The van der Waals surface area contributed by atoms with E-state index in [1.54, 1.807) is 0 Å². The lowest BCUT2D eigenvalue weighted by molar-refractivity contribution is -0.0747. The standard InChI is InChI=1S/C19H38N2O/c1-18(2,3)15-20-11-7-16(8-12-20)22-17-9-13-21(14-10-17)19(4,5)6/h16-17H,7-15H2,1-6H3. The zero-order valence-electron chi connectivity index (χ0n) is 15.8. The lowest BCUT2D eigenvalue weighted by Crippen LogP contribution is -2.48. The third kappa shape index (κ3) is 5.82. The molecule has 0 aliphatic carbocycles. The third-order valence-electron chi connectivity index (χ3n) is 5.01. The van der Waals surface area contributed by atoms with Gasteiger partial charge in [0, 0.05) is 38.3 Å². The quantitative estimate of drug-likeness (QED) is 0.789. The average molecular weight is 311 g/mol. The summed E-state index contributed by atoms with van der Waals surface area (Å²) in [6.07, 6.45) is 5.85. The Labute approximate surface area is 138 Å². The van der Waals surface area contributed by atoms with Crippen LogP contribution in [0.5, 0.6) is 0 Å². The van der Waals surface area contributed by atoms with Crippen LogP contribution in [0, 0.1) is 5.41 Å². The predicted octanol–water partition coefficient (Wildman–Crippen LogP) is 3.78. The Hall–Kier alpha value is -0.120. The summed E-state index contributed by atoms with van der Waals surface area (Å²) in [5.74, 6) is 0. The third-order valence-corrected chi connectivity index (χ3v) is 5.01. The predicted molar refractivity (Wildman–Crippen MR) is 94.4 cm³/mol. The van der Waals surface area contributed by atoms with Gasteiger partial charge < -0.3 is 9.64 Å². The Balaban J connectivity index is 1.67. The number of hydrogen-bond donors (Lipinski definition) is 0. The number of rotatable bonds is 3. The molecule has 0 N–H and O–H groups in total. The van der Waals surface area contributed by atoms with Gasteiger partial charge in [0.1, 0.15) is 0 Å². The number of hydrogen-bond acceptors (Lipinski definition) is 3. The van der Waals surface area contributed by atoms with Crippen molar-refractivity contribution in [2.75, 3.05) is 32.7 Å². The van der Waals surface area contributed by atoms with Crippen molar-refractivity contribution in [2.24, 2.45) is 5.41 Å². The minimum absolute atomic E-state index is 0.309. The molecule has 0 aromatic rings. The summed E-state index contributed by atoms with van der Waals surface area (Å²) >= 11 is 0.